The van der Waals surface area contributed by atoms with E-state index in [0.29, 0.717) is 22.5 Å². The molecule has 0 unspecified atom stereocenters. The average molecular weight is 497 g/mol. The molecular formula is C27H24N6O4. The standard InChI is InChI=1S/C27H24N6O4/c1-17(2)16-37-25(34)20-11-23(32-26(35)30-21-7-3-18(14-28)4-8-21)13-24(12-20)33-27(36)31-22-9-5-19(15-29)6-10-22/h3-13,17H,16H2,1-2H3,(H2,30,32,35)(H2,31,33,36). The molecule has 186 valence electrons. The van der Waals surface area contributed by atoms with Gasteiger partial charge in [-0.25, -0.2) is 14.4 Å². The Morgan fingerprint density at radius 3 is 1.49 bits per heavy atom. The quantitative estimate of drug-likeness (QED) is 0.315. The van der Waals surface area contributed by atoms with Crippen molar-refractivity contribution in [2.24, 2.45) is 5.92 Å². The van der Waals surface area contributed by atoms with E-state index in [0.717, 1.165) is 0 Å². The van der Waals surface area contributed by atoms with Crippen LogP contribution in [0.4, 0.5) is 32.3 Å². The van der Waals surface area contributed by atoms with E-state index in [4.69, 9.17) is 15.3 Å². The molecule has 0 aliphatic heterocycles. The van der Waals surface area contributed by atoms with Gasteiger partial charge in [0.1, 0.15) is 0 Å². The van der Waals surface area contributed by atoms with E-state index >= 15 is 0 Å². The van der Waals surface area contributed by atoms with Crippen LogP contribution >= 0.6 is 0 Å². The number of nitriles is 2. The number of benzene rings is 3. The first-order valence-electron chi connectivity index (χ1n) is 11.2. The molecule has 0 heterocycles. The second-order valence-corrected chi connectivity index (χ2v) is 8.33. The molecule has 0 saturated carbocycles. The summed E-state index contributed by atoms with van der Waals surface area (Å²) >= 11 is 0. The van der Waals surface area contributed by atoms with Crippen LogP contribution in [0.5, 0.6) is 0 Å². The fourth-order valence-electron chi connectivity index (χ4n) is 3.06. The van der Waals surface area contributed by atoms with Gasteiger partial charge in [-0.05, 0) is 72.6 Å². The minimum absolute atomic E-state index is 0.124. The number of ether oxygens (including phenoxy) is 1. The van der Waals surface area contributed by atoms with Crippen molar-refractivity contribution in [3.63, 3.8) is 0 Å². The summed E-state index contributed by atoms with van der Waals surface area (Å²) in [6.45, 7) is 4.01. The molecule has 0 radical (unpaired) electrons. The number of hydrogen-bond donors (Lipinski definition) is 4. The normalized spacial score (nSPS) is 9.97. The molecule has 3 rings (SSSR count). The number of anilines is 4. The first kappa shape index (κ1) is 26.3. The molecule has 4 N–H and O–H groups in total. The maximum absolute atomic E-state index is 12.6. The minimum Gasteiger partial charge on any atom is -0.462 e. The number of urea groups is 2. The number of nitrogens with zero attached hydrogens (tertiary/aromatic N) is 2. The van der Waals surface area contributed by atoms with Gasteiger partial charge in [-0.15, -0.1) is 0 Å². The van der Waals surface area contributed by atoms with Gasteiger partial charge in [0, 0.05) is 22.7 Å². The molecule has 0 spiro atoms. The summed E-state index contributed by atoms with van der Waals surface area (Å²) in [5.74, 6) is -0.486. The number of nitrogens with one attached hydrogen (secondary N) is 4. The number of hydrogen-bond acceptors (Lipinski definition) is 6. The van der Waals surface area contributed by atoms with Crippen molar-refractivity contribution < 1.29 is 19.1 Å². The zero-order valence-electron chi connectivity index (χ0n) is 20.2. The first-order chi connectivity index (χ1) is 17.7. The van der Waals surface area contributed by atoms with Gasteiger partial charge in [0.25, 0.3) is 0 Å². The lowest BCUT2D eigenvalue weighted by Gasteiger charge is -2.14. The Kier molecular flexibility index (Phi) is 8.79. The molecule has 0 aromatic heterocycles. The zero-order chi connectivity index (χ0) is 26.8. The van der Waals surface area contributed by atoms with Crippen LogP contribution in [0.3, 0.4) is 0 Å². The summed E-state index contributed by atoms with van der Waals surface area (Å²) in [7, 11) is 0. The molecule has 0 fully saturated rings. The lowest BCUT2D eigenvalue weighted by molar-refractivity contribution is 0.0459. The monoisotopic (exact) mass is 496 g/mol. The molecule has 10 heteroatoms. The largest absolute Gasteiger partial charge is 0.462 e. The van der Waals surface area contributed by atoms with E-state index in [1.807, 2.05) is 26.0 Å². The Labute approximate surface area is 213 Å². The number of amides is 4. The van der Waals surface area contributed by atoms with Gasteiger partial charge in [0.2, 0.25) is 0 Å². The van der Waals surface area contributed by atoms with Crippen molar-refractivity contribution in [1.29, 1.82) is 10.5 Å². The Morgan fingerprint density at radius 1 is 0.703 bits per heavy atom. The SMILES string of the molecule is CC(C)COC(=O)c1cc(NC(=O)Nc2ccc(C#N)cc2)cc(NC(=O)Nc2ccc(C#N)cc2)c1. The minimum atomic E-state index is -0.611. The van der Waals surface area contributed by atoms with Gasteiger partial charge in [-0.2, -0.15) is 10.5 Å². The van der Waals surface area contributed by atoms with E-state index in [2.05, 4.69) is 21.3 Å². The van der Waals surface area contributed by atoms with E-state index in [1.165, 1.54) is 18.2 Å². The van der Waals surface area contributed by atoms with Crippen molar-refractivity contribution in [1.82, 2.24) is 0 Å². The van der Waals surface area contributed by atoms with Crippen LogP contribution in [0.1, 0.15) is 35.3 Å². The summed E-state index contributed by atoms with van der Waals surface area (Å²) in [4.78, 5) is 37.7. The molecule has 10 nitrogen and oxygen atoms in total. The smallest absolute Gasteiger partial charge is 0.338 e. The maximum Gasteiger partial charge on any atom is 0.338 e. The molecule has 3 aromatic carbocycles. The second kappa shape index (κ2) is 12.4. The van der Waals surface area contributed by atoms with Crippen LogP contribution in [-0.2, 0) is 4.74 Å². The number of carbonyl (C=O) groups is 3. The highest BCUT2D eigenvalue weighted by Gasteiger charge is 2.14. The fraction of sp³-hybridized carbons (Fsp3) is 0.148. The van der Waals surface area contributed by atoms with Crippen LogP contribution in [0, 0.1) is 28.6 Å². The summed E-state index contributed by atoms with van der Waals surface area (Å²) in [6.07, 6.45) is 0. The number of esters is 1. The Hall–Kier alpha value is -5.35. The van der Waals surface area contributed by atoms with E-state index in [-0.39, 0.29) is 29.5 Å². The molecule has 3 aromatic rings. The Morgan fingerprint density at radius 2 is 1.11 bits per heavy atom. The summed E-state index contributed by atoms with van der Waals surface area (Å²) in [5, 5.41) is 28.3. The van der Waals surface area contributed by atoms with E-state index in [1.54, 1.807) is 48.5 Å². The molecule has 0 atom stereocenters. The Balaban J connectivity index is 1.76. The molecule has 0 aliphatic rings. The van der Waals surface area contributed by atoms with Crippen molar-refractivity contribution in [3.8, 4) is 12.1 Å². The lowest BCUT2D eigenvalue weighted by atomic mass is 10.1. The van der Waals surface area contributed by atoms with Gasteiger partial charge in [0.15, 0.2) is 0 Å². The molecule has 0 aliphatic carbocycles. The highest BCUT2D eigenvalue weighted by atomic mass is 16.5. The molecule has 0 bridgehead atoms. The Bertz CT molecular complexity index is 1280. The van der Waals surface area contributed by atoms with Gasteiger partial charge in [-0.1, -0.05) is 13.8 Å². The average Bonchev–Trinajstić information content (AvgIpc) is 2.87. The third-order valence-electron chi connectivity index (χ3n) is 4.78. The van der Waals surface area contributed by atoms with Crippen LogP contribution in [0.25, 0.3) is 0 Å². The maximum atomic E-state index is 12.6. The van der Waals surface area contributed by atoms with Crippen molar-refractivity contribution in [2.45, 2.75) is 13.8 Å². The lowest BCUT2D eigenvalue weighted by Crippen LogP contribution is -2.22. The third kappa shape index (κ3) is 8.12. The van der Waals surface area contributed by atoms with Gasteiger partial charge < -0.3 is 26.0 Å². The topological polar surface area (TPSA) is 156 Å². The predicted molar refractivity (Wildman–Crippen MR) is 139 cm³/mol. The fourth-order valence-corrected chi connectivity index (χ4v) is 3.06. The van der Waals surface area contributed by atoms with Crippen LogP contribution in [-0.4, -0.2) is 24.6 Å². The number of rotatable bonds is 7. The van der Waals surface area contributed by atoms with Gasteiger partial charge in [0.05, 0.1) is 35.4 Å². The highest BCUT2D eigenvalue weighted by Crippen LogP contribution is 2.21. The molecule has 0 saturated heterocycles. The van der Waals surface area contributed by atoms with E-state index in [9.17, 15) is 14.4 Å². The summed E-state index contributed by atoms with van der Waals surface area (Å²) in [6, 6.07) is 19.8. The van der Waals surface area contributed by atoms with Crippen LogP contribution in [0.15, 0.2) is 66.7 Å². The van der Waals surface area contributed by atoms with Crippen LogP contribution < -0.4 is 21.3 Å². The van der Waals surface area contributed by atoms with Crippen LogP contribution in [0.2, 0.25) is 0 Å². The van der Waals surface area contributed by atoms with E-state index < -0.39 is 18.0 Å². The zero-order valence-corrected chi connectivity index (χ0v) is 20.2. The predicted octanol–water partition coefficient (Wildman–Crippen LogP) is 5.53. The van der Waals surface area contributed by atoms with Crippen molar-refractivity contribution in [3.05, 3.63) is 83.4 Å². The second-order valence-electron chi connectivity index (χ2n) is 8.33. The van der Waals surface area contributed by atoms with Gasteiger partial charge >= 0.3 is 18.0 Å². The summed E-state index contributed by atoms with van der Waals surface area (Å²) < 4.78 is 5.30. The third-order valence-corrected chi connectivity index (χ3v) is 4.78. The highest BCUT2D eigenvalue weighted by molar-refractivity contribution is 6.04. The summed E-state index contributed by atoms with van der Waals surface area (Å²) in [5.41, 5.74) is 2.43. The van der Waals surface area contributed by atoms with Crippen molar-refractivity contribution in [2.75, 3.05) is 27.9 Å². The number of carbonyl (C=O) groups excluding carboxylic acids is 3. The molecule has 4 amide bonds. The molecule has 37 heavy (non-hydrogen) atoms. The first-order valence-corrected chi connectivity index (χ1v) is 11.2. The molecular weight excluding hydrogens is 472 g/mol. The van der Waals surface area contributed by atoms with Crippen molar-refractivity contribution >= 4 is 40.8 Å². The van der Waals surface area contributed by atoms with Gasteiger partial charge in [-0.3, -0.25) is 0 Å².